The summed E-state index contributed by atoms with van der Waals surface area (Å²) in [6.07, 6.45) is 1.23. The van der Waals surface area contributed by atoms with Gasteiger partial charge in [-0.3, -0.25) is 0 Å². The Bertz CT molecular complexity index is 345. The minimum atomic E-state index is 0.629. The highest BCUT2D eigenvalue weighted by atomic mass is 79.9. The molecule has 1 aliphatic heterocycles. The molecule has 0 amide bonds. The van der Waals surface area contributed by atoms with Gasteiger partial charge in [0.25, 0.3) is 0 Å². The van der Waals surface area contributed by atoms with Crippen LogP contribution in [0.15, 0.2) is 22.7 Å². The van der Waals surface area contributed by atoms with Crippen molar-refractivity contribution in [3.05, 3.63) is 28.2 Å². The second-order valence-corrected chi connectivity index (χ2v) is 5.07. The molecule has 1 heterocycles. The van der Waals surface area contributed by atoms with E-state index in [0.29, 0.717) is 6.04 Å². The van der Waals surface area contributed by atoms with Gasteiger partial charge in [0.05, 0.1) is 5.69 Å². The van der Waals surface area contributed by atoms with E-state index in [2.05, 4.69) is 58.3 Å². The van der Waals surface area contributed by atoms with E-state index in [-0.39, 0.29) is 0 Å². The topological polar surface area (TPSA) is 15.3 Å². The number of nitrogens with zero attached hydrogens (tertiary/aromatic N) is 1. The van der Waals surface area contributed by atoms with Crippen molar-refractivity contribution in [1.82, 2.24) is 5.32 Å². The van der Waals surface area contributed by atoms with E-state index in [0.717, 1.165) is 13.1 Å². The second-order valence-electron chi connectivity index (χ2n) is 4.21. The highest BCUT2D eigenvalue weighted by molar-refractivity contribution is 9.10. The molecular weight excluding hydrogens is 252 g/mol. The first-order valence-corrected chi connectivity index (χ1v) is 6.17. The maximum atomic E-state index is 3.63. The highest BCUT2D eigenvalue weighted by Crippen LogP contribution is 2.28. The van der Waals surface area contributed by atoms with Crippen molar-refractivity contribution < 1.29 is 0 Å². The maximum Gasteiger partial charge on any atom is 0.0511 e. The smallest absolute Gasteiger partial charge is 0.0511 e. The van der Waals surface area contributed by atoms with Crippen LogP contribution in [0.4, 0.5) is 5.69 Å². The Morgan fingerprint density at radius 2 is 2.27 bits per heavy atom. The zero-order chi connectivity index (χ0) is 10.8. The fourth-order valence-corrected chi connectivity index (χ4v) is 2.84. The Kier molecular flexibility index (Phi) is 3.32. The molecule has 2 rings (SSSR count). The van der Waals surface area contributed by atoms with Crippen LogP contribution in [0.3, 0.4) is 0 Å². The van der Waals surface area contributed by atoms with Crippen LogP contribution in [0, 0.1) is 6.92 Å². The van der Waals surface area contributed by atoms with E-state index in [1.807, 2.05) is 0 Å². The average Bonchev–Trinajstić information content (AvgIpc) is 2.69. The first kappa shape index (κ1) is 11.0. The molecule has 1 fully saturated rings. The number of likely N-dealkylation sites (N-methyl/N-ethyl adjacent to an activating group) is 1. The number of hydrogen-bond acceptors (Lipinski definition) is 2. The SMILES string of the molecule is Cc1ccc(N(C)C2CCNC2)c(Br)c1. The molecule has 0 bridgehead atoms. The van der Waals surface area contributed by atoms with Crippen LogP contribution in [0.1, 0.15) is 12.0 Å². The van der Waals surface area contributed by atoms with Gasteiger partial charge >= 0.3 is 0 Å². The fourth-order valence-electron chi connectivity index (χ4n) is 2.06. The van der Waals surface area contributed by atoms with Crippen molar-refractivity contribution in [3.8, 4) is 0 Å². The molecule has 0 radical (unpaired) electrons. The fraction of sp³-hybridized carbons (Fsp3) is 0.500. The van der Waals surface area contributed by atoms with Crippen LogP contribution < -0.4 is 10.2 Å². The van der Waals surface area contributed by atoms with Crippen LogP contribution in [0.2, 0.25) is 0 Å². The van der Waals surface area contributed by atoms with Gasteiger partial charge in [0, 0.05) is 24.1 Å². The molecule has 15 heavy (non-hydrogen) atoms. The van der Waals surface area contributed by atoms with Gasteiger partial charge in [-0.15, -0.1) is 0 Å². The van der Waals surface area contributed by atoms with Crippen LogP contribution in [-0.4, -0.2) is 26.2 Å². The lowest BCUT2D eigenvalue weighted by Crippen LogP contribution is -2.33. The molecule has 0 aliphatic carbocycles. The molecule has 1 aromatic carbocycles. The molecule has 0 saturated carbocycles. The van der Waals surface area contributed by atoms with Crippen molar-refractivity contribution in [2.45, 2.75) is 19.4 Å². The molecule has 3 heteroatoms. The zero-order valence-corrected chi connectivity index (χ0v) is 10.8. The summed E-state index contributed by atoms with van der Waals surface area (Å²) in [5.74, 6) is 0. The minimum Gasteiger partial charge on any atom is -0.369 e. The van der Waals surface area contributed by atoms with Gasteiger partial charge in [-0.1, -0.05) is 6.07 Å². The summed E-state index contributed by atoms with van der Waals surface area (Å²) in [4.78, 5) is 2.36. The van der Waals surface area contributed by atoms with E-state index in [9.17, 15) is 0 Å². The molecule has 1 aromatic rings. The Morgan fingerprint density at radius 3 is 2.87 bits per heavy atom. The summed E-state index contributed by atoms with van der Waals surface area (Å²) >= 11 is 3.63. The minimum absolute atomic E-state index is 0.629. The number of benzene rings is 1. The van der Waals surface area contributed by atoms with Crippen LogP contribution in [0.25, 0.3) is 0 Å². The highest BCUT2D eigenvalue weighted by Gasteiger charge is 2.20. The first-order chi connectivity index (χ1) is 7.18. The zero-order valence-electron chi connectivity index (χ0n) is 9.26. The second kappa shape index (κ2) is 4.54. The van der Waals surface area contributed by atoms with Gasteiger partial charge in [0.2, 0.25) is 0 Å². The number of hydrogen-bond donors (Lipinski definition) is 1. The first-order valence-electron chi connectivity index (χ1n) is 5.38. The number of halogens is 1. The Balaban J connectivity index is 2.20. The molecular formula is C12H17BrN2. The van der Waals surface area contributed by atoms with Crippen LogP contribution in [-0.2, 0) is 0 Å². The Morgan fingerprint density at radius 1 is 1.47 bits per heavy atom. The lowest BCUT2D eigenvalue weighted by molar-refractivity contribution is 0.684. The molecule has 1 unspecified atom stereocenters. The average molecular weight is 269 g/mol. The van der Waals surface area contributed by atoms with E-state index < -0.39 is 0 Å². The molecule has 2 nitrogen and oxygen atoms in total. The maximum absolute atomic E-state index is 3.63. The molecule has 0 spiro atoms. The molecule has 82 valence electrons. The summed E-state index contributed by atoms with van der Waals surface area (Å²) in [5.41, 5.74) is 2.58. The predicted octanol–water partition coefficient (Wildman–Crippen LogP) is 2.56. The van der Waals surface area contributed by atoms with E-state index in [1.165, 1.54) is 22.1 Å². The number of rotatable bonds is 2. The number of nitrogens with one attached hydrogen (secondary N) is 1. The Labute approximate surface area is 99.8 Å². The van der Waals surface area contributed by atoms with Crippen LogP contribution in [0.5, 0.6) is 0 Å². The van der Waals surface area contributed by atoms with Gasteiger partial charge in [-0.2, -0.15) is 0 Å². The van der Waals surface area contributed by atoms with E-state index >= 15 is 0 Å². The third-order valence-electron chi connectivity index (χ3n) is 3.07. The third-order valence-corrected chi connectivity index (χ3v) is 3.70. The predicted molar refractivity (Wildman–Crippen MR) is 68.6 cm³/mol. The standard InChI is InChI=1S/C12H17BrN2/c1-9-3-4-12(11(13)7-9)15(2)10-5-6-14-8-10/h3-4,7,10,14H,5-6,8H2,1-2H3. The lowest BCUT2D eigenvalue weighted by atomic mass is 10.1. The van der Waals surface area contributed by atoms with Gasteiger partial charge in [-0.25, -0.2) is 0 Å². The normalized spacial score (nSPS) is 20.6. The molecule has 1 saturated heterocycles. The van der Waals surface area contributed by atoms with Crippen molar-refractivity contribution >= 4 is 21.6 Å². The van der Waals surface area contributed by atoms with Crippen molar-refractivity contribution in [3.63, 3.8) is 0 Å². The van der Waals surface area contributed by atoms with Crippen molar-refractivity contribution in [2.24, 2.45) is 0 Å². The number of anilines is 1. The van der Waals surface area contributed by atoms with Gasteiger partial charge < -0.3 is 10.2 Å². The monoisotopic (exact) mass is 268 g/mol. The van der Waals surface area contributed by atoms with Gasteiger partial charge in [0.1, 0.15) is 0 Å². The summed E-state index contributed by atoms with van der Waals surface area (Å²) in [7, 11) is 2.17. The largest absolute Gasteiger partial charge is 0.369 e. The summed E-state index contributed by atoms with van der Waals surface area (Å²) in [6.45, 7) is 4.35. The third kappa shape index (κ3) is 2.34. The Hall–Kier alpha value is -0.540. The molecule has 1 aliphatic rings. The summed E-state index contributed by atoms with van der Waals surface area (Å²) in [5, 5.41) is 3.40. The lowest BCUT2D eigenvalue weighted by Gasteiger charge is -2.27. The summed E-state index contributed by atoms with van der Waals surface area (Å²) in [6, 6.07) is 7.16. The van der Waals surface area contributed by atoms with Crippen molar-refractivity contribution in [2.75, 3.05) is 25.0 Å². The molecule has 1 atom stereocenters. The van der Waals surface area contributed by atoms with E-state index in [1.54, 1.807) is 0 Å². The number of aryl methyl sites for hydroxylation is 1. The van der Waals surface area contributed by atoms with Crippen LogP contribution >= 0.6 is 15.9 Å². The molecule has 1 N–H and O–H groups in total. The van der Waals surface area contributed by atoms with Gasteiger partial charge in [0.15, 0.2) is 0 Å². The summed E-state index contributed by atoms with van der Waals surface area (Å²) < 4.78 is 1.19. The quantitative estimate of drug-likeness (QED) is 0.887. The van der Waals surface area contributed by atoms with E-state index in [4.69, 9.17) is 0 Å². The van der Waals surface area contributed by atoms with Gasteiger partial charge in [-0.05, 0) is 53.5 Å². The van der Waals surface area contributed by atoms with Crippen molar-refractivity contribution in [1.29, 1.82) is 0 Å². The molecule has 0 aromatic heterocycles.